The van der Waals surface area contributed by atoms with Crippen LogP contribution in [0.3, 0.4) is 0 Å². The fourth-order valence-electron chi connectivity index (χ4n) is 4.53. The van der Waals surface area contributed by atoms with Crippen LogP contribution in [0.1, 0.15) is 30.7 Å². The normalized spacial score (nSPS) is 10.9. The first-order valence-corrected chi connectivity index (χ1v) is 13.4. The minimum absolute atomic E-state index is 0.115. The smallest absolute Gasteiger partial charge is 0.322 e. The Labute approximate surface area is 236 Å². The van der Waals surface area contributed by atoms with E-state index in [1.807, 2.05) is 107 Å². The van der Waals surface area contributed by atoms with Crippen LogP contribution in [-0.4, -0.2) is 46.8 Å². The maximum absolute atomic E-state index is 13.5. The van der Waals surface area contributed by atoms with Crippen LogP contribution in [0.5, 0.6) is 5.75 Å². The van der Waals surface area contributed by atoms with Gasteiger partial charge >= 0.3 is 6.03 Å². The summed E-state index contributed by atoms with van der Waals surface area (Å²) in [6.45, 7) is 10.3. The lowest BCUT2D eigenvalue weighted by Gasteiger charge is -2.25. The van der Waals surface area contributed by atoms with Crippen molar-refractivity contribution in [1.29, 1.82) is 0 Å². The lowest BCUT2D eigenvalue weighted by molar-refractivity contribution is -0.116. The average molecular weight is 540 g/mol. The monoisotopic (exact) mass is 539 g/mol. The Balaban J connectivity index is 1.63. The molecular formula is C32H37N5O3. The number of nitrogens with one attached hydrogen (secondary N) is 2. The summed E-state index contributed by atoms with van der Waals surface area (Å²) in [5.41, 5.74) is 6.22. The molecule has 4 rings (SSSR count). The summed E-state index contributed by atoms with van der Waals surface area (Å²) in [6.07, 6.45) is 0. The molecule has 8 heteroatoms. The molecule has 2 N–H and O–H groups in total. The Morgan fingerprint density at radius 2 is 1.62 bits per heavy atom. The van der Waals surface area contributed by atoms with Gasteiger partial charge in [0.05, 0.1) is 18.5 Å². The largest absolute Gasteiger partial charge is 0.497 e. The summed E-state index contributed by atoms with van der Waals surface area (Å²) in [4.78, 5) is 28.4. The number of carbonyl (C=O) groups is 2. The maximum Gasteiger partial charge on any atom is 0.322 e. The van der Waals surface area contributed by atoms with Crippen molar-refractivity contribution in [3.05, 3.63) is 89.6 Å². The van der Waals surface area contributed by atoms with Crippen molar-refractivity contribution in [1.82, 2.24) is 14.7 Å². The van der Waals surface area contributed by atoms with Crippen LogP contribution < -0.4 is 15.4 Å². The number of amides is 3. The van der Waals surface area contributed by atoms with Gasteiger partial charge in [0.2, 0.25) is 5.91 Å². The molecule has 0 unspecified atom stereocenters. The van der Waals surface area contributed by atoms with E-state index in [0.717, 1.165) is 39.4 Å². The van der Waals surface area contributed by atoms with Crippen LogP contribution in [0, 0.1) is 26.7 Å². The van der Waals surface area contributed by atoms with E-state index in [2.05, 4.69) is 10.6 Å². The molecule has 3 aromatic carbocycles. The highest BCUT2D eigenvalue weighted by Gasteiger charge is 2.23. The van der Waals surface area contributed by atoms with Gasteiger partial charge in [0, 0.05) is 17.8 Å². The van der Waals surface area contributed by atoms with Gasteiger partial charge in [0.1, 0.15) is 18.1 Å². The number of hydrogen-bond donors (Lipinski definition) is 2. The number of anilines is 2. The second kappa shape index (κ2) is 12.5. The summed E-state index contributed by atoms with van der Waals surface area (Å²) in [5.74, 6) is 1.12. The highest BCUT2D eigenvalue weighted by Crippen LogP contribution is 2.33. The van der Waals surface area contributed by atoms with E-state index < -0.39 is 0 Å². The van der Waals surface area contributed by atoms with Crippen LogP contribution in [0.4, 0.5) is 16.3 Å². The Kier molecular flexibility index (Phi) is 8.89. The molecule has 0 atom stereocenters. The van der Waals surface area contributed by atoms with Crippen LogP contribution >= 0.6 is 0 Å². The quantitative estimate of drug-likeness (QED) is 0.251. The number of rotatable bonds is 9. The number of urea groups is 1. The third-order valence-electron chi connectivity index (χ3n) is 6.66. The lowest BCUT2D eigenvalue weighted by Crippen LogP contribution is -2.42. The predicted molar refractivity (Wildman–Crippen MR) is 160 cm³/mol. The predicted octanol–water partition coefficient (Wildman–Crippen LogP) is 6.60. The number of ether oxygens (including phenoxy) is 1. The van der Waals surface area contributed by atoms with E-state index >= 15 is 0 Å². The number of methoxy groups -OCH3 is 1. The summed E-state index contributed by atoms with van der Waals surface area (Å²) < 4.78 is 7.03. The lowest BCUT2D eigenvalue weighted by atomic mass is 10.1. The average Bonchev–Trinajstić information content (AvgIpc) is 3.25. The zero-order valence-corrected chi connectivity index (χ0v) is 24.0. The van der Waals surface area contributed by atoms with Gasteiger partial charge in [-0.25, -0.2) is 9.48 Å². The molecule has 0 bridgehead atoms. The second-order valence-corrected chi connectivity index (χ2v) is 10.3. The third-order valence-corrected chi connectivity index (χ3v) is 6.66. The first-order chi connectivity index (χ1) is 19.2. The second-order valence-electron chi connectivity index (χ2n) is 10.3. The number of aromatic nitrogens is 2. The molecule has 3 amide bonds. The molecule has 0 saturated heterocycles. The van der Waals surface area contributed by atoms with Crippen molar-refractivity contribution in [2.75, 3.05) is 30.8 Å². The summed E-state index contributed by atoms with van der Waals surface area (Å²) in [5, 5.41) is 10.8. The number of nitrogens with zero attached hydrogens (tertiary/aromatic N) is 3. The van der Waals surface area contributed by atoms with E-state index in [1.54, 1.807) is 16.7 Å². The van der Waals surface area contributed by atoms with E-state index in [4.69, 9.17) is 9.84 Å². The molecule has 1 aromatic heterocycles. The van der Waals surface area contributed by atoms with Crippen molar-refractivity contribution >= 4 is 23.4 Å². The minimum Gasteiger partial charge on any atom is -0.497 e. The zero-order chi connectivity index (χ0) is 28.8. The van der Waals surface area contributed by atoms with Crippen molar-refractivity contribution in [2.24, 2.45) is 5.92 Å². The molecule has 0 fully saturated rings. The molecule has 1 heterocycles. The van der Waals surface area contributed by atoms with Crippen molar-refractivity contribution in [3.63, 3.8) is 0 Å². The van der Waals surface area contributed by atoms with Crippen molar-refractivity contribution < 1.29 is 14.3 Å². The van der Waals surface area contributed by atoms with E-state index in [9.17, 15) is 9.59 Å². The van der Waals surface area contributed by atoms with Gasteiger partial charge in [-0.3, -0.25) is 4.79 Å². The molecule has 8 nitrogen and oxygen atoms in total. The fourth-order valence-corrected chi connectivity index (χ4v) is 4.53. The maximum atomic E-state index is 13.5. The topological polar surface area (TPSA) is 88.5 Å². The number of carbonyl (C=O) groups excluding carboxylic acids is 2. The summed E-state index contributed by atoms with van der Waals surface area (Å²) >= 11 is 0. The van der Waals surface area contributed by atoms with Crippen LogP contribution in [0.15, 0.2) is 72.8 Å². The van der Waals surface area contributed by atoms with Gasteiger partial charge < -0.3 is 20.3 Å². The van der Waals surface area contributed by atoms with Gasteiger partial charge in [-0.05, 0) is 79.8 Å². The molecule has 40 heavy (non-hydrogen) atoms. The Hall–Kier alpha value is -4.59. The van der Waals surface area contributed by atoms with E-state index in [0.29, 0.717) is 18.1 Å². The molecular weight excluding hydrogens is 502 g/mol. The van der Waals surface area contributed by atoms with E-state index in [1.165, 1.54) is 0 Å². The third kappa shape index (κ3) is 6.69. The first-order valence-electron chi connectivity index (χ1n) is 13.4. The Morgan fingerprint density at radius 1 is 0.925 bits per heavy atom. The molecule has 0 aliphatic carbocycles. The summed E-state index contributed by atoms with van der Waals surface area (Å²) in [6, 6.07) is 22.7. The molecule has 0 saturated carbocycles. The van der Waals surface area contributed by atoms with Crippen molar-refractivity contribution in [3.8, 4) is 22.6 Å². The highest BCUT2D eigenvalue weighted by atomic mass is 16.5. The summed E-state index contributed by atoms with van der Waals surface area (Å²) in [7, 11) is 1.62. The van der Waals surface area contributed by atoms with Gasteiger partial charge in [0.25, 0.3) is 0 Å². The highest BCUT2D eigenvalue weighted by molar-refractivity contribution is 5.99. The van der Waals surface area contributed by atoms with Crippen LogP contribution in [0.2, 0.25) is 0 Å². The van der Waals surface area contributed by atoms with Gasteiger partial charge in [-0.2, -0.15) is 5.10 Å². The molecule has 0 spiro atoms. The Morgan fingerprint density at radius 3 is 2.25 bits per heavy atom. The van der Waals surface area contributed by atoms with Gasteiger partial charge in [0.15, 0.2) is 0 Å². The van der Waals surface area contributed by atoms with Crippen LogP contribution in [0.25, 0.3) is 16.8 Å². The van der Waals surface area contributed by atoms with Gasteiger partial charge in [-0.15, -0.1) is 0 Å². The first kappa shape index (κ1) is 28.4. The minimum atomic E-state index is -0.324. The number of benzene rings is 3. The van der Waals surface area contributed by atoms with Crippen LogP contribution in [-0.2, 0) is 4.79 Å². The molecule has 0 aliphatic rings. The fraction of sp³-hybridized carbons (Fsp3) is 0.281. The molecule has 208 valence electrons. The number of aryl methyl sites for hydroxylation is 3. The molecule has 4 aromatic rings. The van der Waals surface area contributed by atoms with Crippen molar-refractivity contribution in [2.45, 2.75) is 34.6 Å². The molecule has 0 radical (unpaired) electrons. The Bertz CT molecular complexity index is 1480. The zero-order valence-electron chi connectivity index (χ0n) is 24.0. The van der Waals surface area contributed by atoms with Gasteiger partial charge in [-0.1, -0.05) is 50.2 Å². The number of hydrogen-bond acceptors (Lipinski definition) is 4. The van der Waals surface area contributed by atoms with E-state index in [-0.39, 0.29) is 24.4 Å². The SMILES string of the molecule is COc1ccc(-n2nc(C)c(-c3ccccc3)c2NC(=O)CN(CC(C)C)C(=O)Nc2ccc(C)c(C)c2)cc1. The standard InChI is InChI=1S/C32H37N5O3/c1-21(2)19-36(32(39)33-26-13-12-22(3)23(4)18-26)20-29(38)34-31-30(25-10-8-7-9-11-25)24(5)35-37(31)27-14-16-28(40-6)17-15-27/h7-18,21H,19-20H2,1-6H3,(H,33,39)(H,34,38). The molecule has 0 aliphatic heterocycles.